The monoisotopic (exact) mass is 404 g/mol. The maximum atomic E-state index is 4.60. The first-order chi connectivity index (χ1) is 11.8. The van der Waals surface area contributed by atoms with Gasteiger partial charge in [0.2, 0.25) is 0 Å². The average molecular weight is 405 g/mol. The SMILES string of the molecule is Brc1cnn(Cc2cnc(N3CCN(c4ccccn4)CC3)s2)c1. The molecule has 4 heterocycles. The van der Waals surface area contributed by atoms with E-state index in [1.54, 1.807) is 17.5 Å². The van der Waals surface area contributed by atoms with E-state index < -0.39 is 0 Å². The average Bonchev–Trinajstić information content (AvgIpc) is 3.25. The molecule has 0 unspecified atom stereocenters. The maximum Gasteiger partial charge on any atom is 0.185 e. The summed E-state index contributed by atoms with van der Waals surface area (Å²) in [4.78, 5) is 14.9. The summed E-state index contributed by atoms with van der Waals surface area (Å²) in [7, 11) is 0. The zero-order chi connectivity index (χ0) is 16.4. The van der Waals surface area contributed by atoms with Crippen LogP contribution < -0.4 is 9.80 Å². The molecule has 1 saturated heterocycles. The van der Waals surface area contributed by atoms with Gasteiger partial charge in [-0.3, -0.25) is 4.68 Å². The molecule has 0 bridgehead atoms. The Hall–Kier alpha value is -1.93. The van der Waals surface area contributed by atoms with Crippen LogP contribution in [0.5, 0.6) is 0 Å². The summed E-state index contributed by atoms with van der Waals surface area (Å²) in [5.41, 5.74) is 0. The number of thiazole rings is 1. The van der Waals surface area contributed by atoms with E-state index in [9.17, 15) is 0 Å². The van der Waals surface area contributed by atoms with Crippen molar-refractivity contribution >= 4 is 38.2 Å². The highest BCUT2D eigenvalue weighted by Crippen LogP contribution is 2.25. The van der Waals surface area contributed by atoms with Crippen molar-refractivity contribution in [2.75, 3.05) is 36.0 Å². The van der Waals surface area contributed by atoms with E-state index in [1.165, 1.54) is 4.88 Å². The van der Waals surface area contributed by atoms with Crippen LogP contribution in [0.2, 0.25) is 0 Å². The van der Waals surface area contributed by atoms with Gasteiger partial charge < -0.3 is 9.80 Å². The van der Waals surface area contributed by atoms with Crippen molar-refractivity contribution in [2.45, 2.75) is 6.54 Å². The van der Waals surface area contributed by atoms with Gasteiger partial charge in [-0.2, -0.15) is 5.10 Å². The van der Waals surface area contributed by atoms with Gasteiger partial charge in [-0.15, -0.1) is 0 Å². The molecule has 0 N–H and O–H groups in total. The van der Waals surface area contributed by atoms with Crippen LogP contribution in [0.1, 0.15) is 4.88 Å². The van der Waals surface area contributed by atoms with E-state index in [1.807, 2.05) is 35.4 Å². The summed E-state index contributed by atoms with van der Waals surface area (Å²) in [6.07, 6.45) is 7.59. The summed E-state index contributed by atoms with van der Waals surface area (Å²) in [6.45, 7) is 4.64. The second-order valence-corrected chi connectivity index (χ2v) is 7.64. The van der Waals surface area contributed by atoms with Crippen LogP contribution in [0, 0.1) is 0 Å². The Morgan fingerprint density at radius 3 is 2.58 bits per heavy atom. The third-order valence-corrected chi connectivity index (χ3v) is 5.44. The topological polar surface area (TPSA) is 50.1 Å². The van der Waals surface area contributed by atoms with Crippen molar-refractivity contribution in [3.05, 3.63) is 52.3 Å². The van der Waals surface area contributed by atoms with Gasteiger partial charge in [0.25, 0.3) is 0 Å². The minimum absolute atomic E-state index is 0.761. The molecule has 0 saturated carbocycles. The summed E-state index contributed by atoms with van der Waals surface area (Å²) in [5, 5.41) is 5.39. The molecule has 8 heteroatoms. The van der Waals surface area contributed by atoms with E-state index >= 15 is 0 Å². The van der Waals surface area contributed by atoms with Crippen molar-refractivity contribution in [3.63, 3.8) is 0 Å². The lowest BCUT2D eigenvalue weighted by Crippen LogP contribution is -2.46. The van der Waals surface area contributed by atoms with Crippen LogP contribution in [0.3, 0.4) is 0 Å². The fourth-order valence-electron chi connectivity index (χ4n) is 2.77. The third kappa shape index (κ3) is 3.44. The van der Waals surface area contributed by atoms with Crippen LogP contribution in [0.15, 0.2) is 47.5 Å². The standard InChI is InChI=1S/C16H17BrN6S/c17-13-9-20-23(11-13)12-14-10-19-16(24-14)22-7-5-21(6-8-22)15-3-1-2-4-18-15/h1-4,9-11H,5-8,12H2. The molecule has 0 spiro atoms. The highest BCUT2D eigenvalue weighted by molar-refractivity contribution is 9.10. The van der Waals surface area contributed by atoms with Gasteiger partial charge in [0.05, 0.1) is 17.2 Å². The Morgan fingerprint density at radius 2 is 1.88 bits per heavy atom. The number of halogens is 1. The number of piperazine rings is 1. The van der Waals surface area contributed by atoms with Gasteiger partial charge in [0.15, 0.2) is 5.13 Å². The zero-order valence-electron chi connectivity index (χ0n) is 13.0. The number of anilines is 2. The van der Waals surface area contributed by atoms with Gasteiger partial charge >= 0.3 is 0 Å². The minimum atomic E-state index is 0.761. The third-order valence-electron chi connectivity index (χ3n) is 3.98. The van der Waals surface area contributed by atoms with Gasteiger partial charge in [0.1, 0.15) is 5.82 Å². The highest BCUT2D eigenvalue weighted by Gasteiger charge is 2.20. The summed E-state index contributed by atoms with van der Waals surface area (Å²) in [6, 6.07) is 6.06. The van der Waals surface area contributed by atoms with Crippen LogP contribution in [0.4, 0.5) is 10.9 Å². The smallest absolute Gasteiger partial charge is 0.185 e. The Morgan fingerprint density at radius 1 is 1.04 bits per heavy atom. The summed E-state index contributed by atoms with van der Waals surface area (Å²) < 4.78 is 2.92. The lowest BCUT2D eigenvalue weighted by molar-refractivity contribution is 0.646. The van der Waals surface area contributed by atoms with Crippen molar-refractivity contribution in [1.29, 1.82) is 0 Å². The predicted molar refractivity (Wildman–Crippen MR) is 99.8 cm³/mol. The molecule has 124 valence electrons. The summed E-state index contributed by atoms with van der Waals surface area (Å²) in [5.74, 6) is 1.06. The van der Waals surface area contributed by atoms with Crippen LogP contribution >= 0.6 is 27.3 Å². The van der Waals surface area contributed by atoms with Crippen molar-refractivity contribution < 1.29 is 0 Å². The Bertz CT molecular complexity index is 794. The Labute approximate surface area is 152 Å². The molecule has 3 aromatic rings. The fraction of sp³-hybridized carbons (Fsp3) is 0.312. The van der Waals surface area contributed by atoms with Gasteiger partial charge in [0, 0.05) is 49.6 Å². The first-order valence-electron chi connectivity index (χ1n) is 7.81. The molecule has 0 radical (unpaired) electrons. The minimum Gasteiger partial charge on any atom is -0.353 e. The molecule has 0 aliphatic carbocycles. The molecule has 0 aromatic carbocycles. The largest absolute Gasteiger partial charge is 0.353 e. The van der Waals surface area contributed by atoms with E-state index in [2.05, 4.69) is 46.9 Å². The fourth-order valence-corrected chi connectivity index (χ4v) is 4.05. The number of rotatable bonds is 4. The molecule has 6 nitrogen and oxygen atoms in total. The molecular weight excluding hydrogens is 388 g/mol. The number of hydrogen-bond donors (Lipinski definition) is 0. The second kappa shape index (κ2) is 6.90. The van der Waals surface area contributed by atoms with E-state index in [4.69, 9.17) is 0 Å². The van der Waals surface area contributed by atoms with Crippen LogP contribution in [-0.4, -0.2) is 45.9 Å². The number of aromatic nitrogens is 4. The molecule has 1 fully saturated rings. The van der Waals surface area contributed by atoms with E-state index in [0.717, 1.165) is 48.1 Å². The molecule has 3 aromatic heterocycles. The molecule has 0 amide bonds. The molecule has 1 aliphatic rings. The van der Waals surface area contributed by atoms with Gasteiger partial charge in [-0.25, -0.2) is 9.97 Å². The number of pyridine rings is 1. The van der Waals surface area contributed by atoms with Crippen LogP contribution in [-0.2, 0) is 6.54 Å². The summed E-state index contributed by atoms with van der Waals surface area (Å²) >= 11 is 5.17. The van der Waals surface area contributed by atoms with Crippen LogP contribution in [0.25, 0.3) is 0 Å². The normalized spacial score (nSPS) is 15.0. The van der Waals surface area contributed by atoms with Gasteiger partial charge in [-0.05, 0) is 28.1 Å². The first-order valence-corrected chi connectivity index (χ1v) is 9.42. The predicted octanol–water partition coefficient (Wildman–Crippen LogP) is 2.87. The molecule has 0 atom stereocenters. The first kappa shape index (κ1) is 15.6. The van der Waals surface area contributed by atoms with Crippen molar-refractivity contribution in [1.82, 2.24) is 19.7 Å². The molecular formula is C16H17BrN6S. The lowest BCUT2D eigenvalue weighted by atomic mass is 10.3. The highest BCUT2D eigenvalue weighted by atomic mass is 79.9. The van der Waals surface area contributed by atoms with E-state index in [0.29, 0.717) is 0 Å². The maximum absolute atomic E-state index is 4.60. The Kier molecular flexibility index (Phi) is 4.48. The Balaban J connectivity index is 1.37. The molecule has 4 rings (SSSR count). The second-order valence-electron chi connectivity index (χ2n) is 5.63. The van der Waals surface area contributed by atoms with Gasteiger partial charge in [-0.1, -0.05) is 17.4 Å². The lowest BCUT2D eigenvalue weighted by Gasteiger charge is -2.35. The van der Waals surface area contributed by atoms with Crippen molar-refractivity contribution in [3.8, 4) is 0 Å². The number of nitrogens with zero attached hydrogens (tertiary/aromatic N) is 6. The molecule has 24 heavy (non-hydrogen) atoms. The van der Waals surface area contributed by atoms with E-state index in [-0.39, 0.29) is 0 Å². The number of hydrogen-bond acceptors (Lipinski definition) is 6. The quantitative estimate of drug-likeness (QED) is 0.668. The van der Waals surface area contributed by atoms with Crippen molar-refractivity contribution in [2.24, 2.45) is 0 Å². The molecule has 1 aliphatic heterocycles. The zero-order valence-corrected chi connectivity index (χ0v) is 15.4.